The molecule has 21 heavy (non-hydrogen) atoms. The number of hydrogen-bond acceptors (Lipinski definition) is 5. The second kappa shape index (κ2) is 6.19. The van der Waals surface area contributed by atoms with Crippen LogP contribution in [0.4, 0.5) is 10.1 Å². The van der Waals surface area contributed by atoms with Gasteiger partial charge in [-0.25, -0.2) is 14.2 Å². The third kappa shape index (κ3) is 3.56. The maximum atomic E-state index is 13.5. The highest BCUT2D eigenvalue weighted by atomic mass is 79.9. The minimum atomic E-state index is -1.21. The van der Waals surface area contributed by atoms with E-state index in [2.05, 4.69) is 20.9 Å². The Balaban J connectivity index is 2.43. The predicted molar refractivity (Wildman–Crippen MR) is 76.1 cm³/mol. The van der Waals surface area contributed by atoms with E-state index in [-0.39, 0.29) is 20.7 Å². The molecule has 2 rings (SSSR count). The van der Waals surface area contributed by atoms with Crippen molar-refractivity contribution in [3.63, 3.8) is 0 Å². The number of rotatable bonds is 4. The van der Waals surface area contributed by atoms with Gasteiger partial charge in [-0.15, -0.1) is 0 Å². The molecular weight excluding hydrogens is 367 g/mol. The molecule has 9 heteroatoms. The Bertz CT molecular complexity index is 741. The van der Waals surface area contributed by atoms with Crippen LogP contribution in [0.2, 0.25) is 0 Å². The number of benzene rings is 1. The lowest BCUT2D eigenvalue weighted by Gasteiger charge is -2.05. The number of halogens is 2. The second-order valence-corrected chi connectivity index (χ2v) is 5.74. The van der Waals surface area contributed by atoms with Crippen LogP contribution in [-0.2, 0) is 0 Å². The minimum absolute atomic E-state index is 0.0143. The van der Waals surface area contributed by atoms with Crippen molar-refractivity contribution in [2.24, 2.45) is 0 Å². The Morgan fingerprint density at radius 1 is 1.43 bits per heavy atom. The van der Waals surface area contributed by atoms with Crippen LogP contribution in [0.3, 0.4) is 0 Å². The molecule has 0 aliphatic carbocycles. The average Bonchev–Trinajstić information content (AvgIpc) is 2.42. The highest BCUT2D eigenvalue weighted by molar-refractivity contribution is 9.10. The van der Waals surface area contributed by atoms with Crippen molar-refractivity contribution in [3.05, 3.63) is 56.6 Å². The first-order chi connectivity index (χ1) is 9.88. The number of nitrogens with zero attached hydrogens (tertiary/aromatic N) is 2. The van der Waals surface area contributed by atoms with Crippen molar-refractivity contribution in [3.8, 4) is 0 Å². The second-order valence-electron chi connectivity index (χ2n) is 3.78. The van der Waals surface area contributed by atoms with Crippen LogP contribution in [0, 0.1) is 15.9 Å². The van der Waals surface area contributed by atoms with E-state index in [1.807, 2.05) is 0 Å². The summed E-state index contributed by atoms with van der Waals surface area (Å²) in [4.78, 5) is 25.3. The van der Waals surface area contributed by atoms with Gasteiger partial charge in [0.15, 0.2) is 0 Å². The lowest BCUT2D eigenvalue weighted by molar-refractivity contribution is -0.387. The zero-order valence-corrected chi connectivity index (χ0v) is 12.5. The quantitative estimate of drug-likeness (QED) is 0.648. The zero-order valence-electron chi connectivity index (χ0n) is 10.1. The first kappa shape index (κ1) is 15.4. The van der Waals surface area contributed by atoms with Crippen LogP contribution < -0.4 is 0 Å². The van der Waals surface area contributed by atoms with Gasteiger partial charge < -0.3 is 5.11 Å². The van der Waals surface area contributed by atoms with Crippen LogP contribution in [0.1, 0.15) is 10.5 Å². The highest BCUT2D eigenvalue weighted by Crippen LogP contribution is 2.37. The number of carboxylic acids is 1. The average molecular weight is 373 g/mol. The maximum absolute atomic E-state index is 13.5. The topological polar surface area (TPSA) is 93.3 Å². The van der Waals surface area contributed by atoms with Crippen molar-refractivity contribution in [2.45, 2.75) is 9.79 Å². The number of aromatic carboxylic acids is 1. The smallest absolute Gasteiger partial charge is 0.354 e. The predicted octanol–water partition coefficient (Wildman–Crippen LogP) is 3.74. The number of nitro groups is 1. The molecule has 0 saturated heterocycles. The molecule has 1 N–H and O–H groups in total. The summed E-state index contributed by atoms with van der Waals surface area (Å²) in [6.07, 6.45) is 1.27. The van der Waals surface area contributed by atoms with Gasteiger partial charge in [0, 0.05) is 17.2 Å². The maximum Gasteiger partial charge on any atom is 0.354 e. The third-order valence-corrected chi connectivity index (χ3v) is 4.02. The van der Waals surface area contributed by atoms with Gasteiger partial charge in [-0.2, -0.15) is 0 Å². The minimum Gasteiger partial charge on any atom is -0.477 e. The van der Waals surface area contributed by atoms with E-state index < -0.39 is 16.7 Å². The summed E-state index contributed by atoms with van der Waals surface area (Å²) >= 11 is 3.78. The zero-order chi connectivity index (χ0) is 15.6. The summed E-state index contributed by atoms with van der Waals surface area (Å²) in [5, 5.41) is 19.8. The molecule has 0 aliphatic heterocycles. The fraction of sp³-hybridized carbons (Fsp3) is 0. The Morgan fingerprint density at radius 2 is 2.14 bits per heavy atom. The Hall–Kier alpha value is -2.00. The van der Waals surface area contributed by atoms with Gasteiger partial charge in [-0.05, 0) is 34.1 Å². The molecule has 0 bridgehead atoms. The first-order valence-corrected chi connectivity index (χ1v) is 7.00. The van der Waals surface area contributed by atoms with Gasteiger partial charge >= 0.3 is 5.97 Å². The van der Waals surface area contributed by atoms with Crippen molar-refractivity contribution in [1.29, 1.82) is 0 Å². The van der Waals surface area contributed by atoms with Gasteiger partial charge in [-0.3, -0.25) is 10.1 Å². The summed E-state index contributed by atoms with van der Waals surface area (Å²) in [6.45, 7) is 0. The molecule has 0 amide bonds. The number of carboxylic acid groups (broad SMARTS) is 1. The Kier molecular flexibility index (Phi) is 4.53. The Labute approximate surface area is 130 Å². The fourth-order valence-electron chi connectivity index (χ4n) is 1.46. The molecule has 0 aliphatic rings. The number of hydrogen-bond donors (Lipinski definition) is 1. The van der Waals surface area contributed by atoms with Crippen LogP contribution in [-0.4, -0.2) is 21.0 Å². The SMILES string of the molecule is O=C(O)c1cc(Sc2cc(F)c(Br)cc2[N+](=O)[O-])ccn1. The lowest BCUT2D eigenvalue weighted by Crippen LogP contribution is -1.99. The van der Waals surface area contributed by atoms with Crippen LogP contribution in [0.25, 0.3) is 0 Å². The molecule has 6 nitrogen and oxygen atoms in total. The molecule has 2 aromatic rings. The van der Waals surface area contributed by atoms with E-state index in [4.69, 9.17) is 5.11 Å². The van der Waals surface area contributed by atoms with Crippen molar-refractivity contribution in [2.75, 3.05) is 0 Å². The molecule has 0 fully saturated rings. The van der Waals surface area contributed by atoms with Crippen LogP contribution in [0.5, 0.6) is 0 Å². The van der Waals surface area contributed by atoms with Gasteiger partial charge in [0.05, 0.1) is 14.3 Å². The molecule has 0 spiro atoms. The number of carbonyl (C=O) groups is 1. The van der Waals surface area contributed by atoms with Crippen molar-refractivity contribution < 1.29 is 19.2 Å². The summed E-state index contributed by atoms with van der Waals surface area (Å²) in [6, 6.07) is 4.84. The van der Waals surface area contributed by atoms with Gasteiger partial charge in [0.1, 0.15) is 11.5 Å². The molecule has 0 radical (unpaired) electrons. The number of nitro benzene ring substituents is 1. The van der Waals surface area contributed by atoms with Gasteiger partial charge in [0.25, 0.3) is 5.69 Å². The first-order valence-electron chi connectivity index (χ1n) is 5.39. The van der Waals surface area contributed by atoms with E-state index in [0.29, 0.717) is 4.90 Å². The van der Waals surface area contributed by atoms with Gasteiger partial charge in [0.2, 0.25) is 0 Å². The molecular formula is C12H6BrFN2O4S. The summed E-state index contributed by atoms with van der Waals surface area (Å²) in [5.41, 5.74) is -0.470. The van der Waals surface area contributed by atoms with Crippen molar-refractivity contribution in [1.82, 2.24) is 4.98 Å². The lowest BCUT2D eigenvalue weighted by atomic mass is 10.3. The van der Waals surface area contributed by atoms with Gasteiger partial charge in [-0.1, -0.05) is 11.8 Å². The van der Waals surface area contributed by atoms with E-state index in [0.717, 1.165) is 23.9 Å². The van der Waals surface area contributed by atoms with Crippen molar-refractivity contribution >= 4 is 39.3 Å². The summed E-state index contributed by atoms with van der Waals surface area (Å²) in [5.74, 6) is -1.86. The van der Waals surface area contributed by atoms with E-state index in [1.165, 1.54) is 18.3 Å². The number of aromatic nitrogens is 1. The molecule has 0 saturated carbocycles. The fourth-order valence-corrected chi connectivity index (χ4v) is 2.75. The Morgan fingerprint density at radius 3 is 2.76 bits per heavy atom. The van der Waals surface area contributed by atoms with Crippen LogP contribution >= 0.6 is 27.7 Å². The number of pyridine rings is 1. The van der Waals surface area contributed by atoms with E-state index in [1.54, 1.807) is 0 Å². The summed E-state index contributed by atoms with van der Waals surface area (Å²) < 4.78 is 13.5. The van der Waals surface area contributed by atoms with E-state index >= 15 is 0 Å². The monoisotopic (exact) mass is 372 g/mol. The third-order valence-electron chi connectivity index (χ3n) is 2.38. The van der Waals surface area contributed by atoms with Crippen LogP contribution in [0.15, 0.2) is 44.7 Å². The highest BCUT2D eigenvalue weighted by Gasteiger charge is 2.19. The normalized spacial score (nSPS) is 10.4. The standard InChI is InChI=1S/C12H6BrFN2O4S/c13-7-4-10(16(19)20)11(5-8(7)14)21-6-1-2-15-9(3-6)12(17)18/h1-5H,(H,17,18). The molecule has 0 atom stereocenters. The summed E-state index contributed by atoms with van der Waals surface area (Å²) in [7, 11) is 0. The largest absolute Gasteiger partial charge is 0.477 e. The molecule has 1 heterocycles. The molecule has 1 aromatic carbocycles. The molecule has 0 unspecified atom stereocenters. The molecule has 108 valence electrons. The molecule has 1 aromatic heterocycles. The van der Waals surface area contributed by atoms with E-state index in [9.17, 15) is 19.3 Å².